The number of nitrogens with one attached hydrogen (secondary N) is 1. The average Bonchev–Trinajstić information content (AvgIpc) is 2.96. The molecule has 2 N–H and O–H groups in total. The second kappa shape index (κ2) is 8.97. The van der Waals surface area contributed by atoms with E-state index in [-0.39, 0.29) is 36.6 Å². The molecule has 2 amide bonds. The molecule has 166 valence electrons. The van der Waals surface area contributed by atoms with E-state index in [0.29, 0.717) is 5.56 Å². The van der Waals surface area contributed by atoms with Crippen LogP contribution in [0.3, 0.4) is 0 Å². The Morgan fingerprint density at radius 1 is 1.26 bits per heavy atom. The summed E-state index contributed by atoms with van der Waals surface area (Å²) < 4.78 is 43.1. The Balaban J connectivity index is 1.83. The molecule has 1 aliphatic rings. The van der Waals surface area contributed by atoms with Crippen LogP contribution in [0.5, 0.6) is 5.75 Å². The van der Waals surface area contributed by atoms with Gasteiger partial charge in [-0.2, -0.15) is 8.78 Å². The summed E-state index contributed by atoms with van der Waals surface area (Å²) in [6.07, 6.45) is 0. The molecule has 0 fully saturated rings. The highest BCUT2D eigenvalue weighted by atomic mass is 19.3. The van der Waals surface area contributed by atoms with Crippen LogP contribution in [0.2, 0.25) is 0 Å². The number of hydrogen-bond acceptors (Lipinski definition) is 4. The quantitative estimate of drug-likeness (QED) is 0.666. The molecule has 6 nitrogen and oxygen atoms in total. The molecule has 1 heterocycles. The van der Waals surface area contributed by atoms with Crippen LogP contribution in [-0.2, 0) is 11.3 Å². The molecule has 0 saturated heterocycles. The van der Waals surface area contributed by atoms with E-state index in [1.807, 2.05) is 0 Å². The van der Waals surface area contributed by atoms with E-state index in [1.54, 1.807) is 19.9 Å². The summed E-state index contributed by atoms with van der Waals surface area (Å²) in [6, 6.07) is 8.44. The number of halogens is 3. The molecule has 0 aromatic heterocycles. The van der Waals surface area contributed by atoms with Crippen molar-refractivity contribution in [1.82, 2.24) is 10.2 Å². The highest BCUT2D eigenvalue weighted by Crippen LogP contribution is 2.36. The first kappa shape index (κ1) is 22.6. The van der Waals surface area contributed by atoms with Crippen molar-refractivity contribution in [1.29, 1.82) is 0 Å². The lowest BCUT2D eigenvalue weighted by Gasteiger charge is -2.32. The third-order valence-corrected chi connectivity index (χ3v) is 4.98. The fourth-order valence-corrected chi connectivity index (χ4v) is 3.47. The molecule has 0 saturated carbocycles. The fourth-order valence-electron chi connectivity index (χ4n) is 3.47. The van der Waals surface area contributed by atoms with Gasteiger partial charge in [-0.1, -0.05) is 26.0 Å². The number of alkyl halides is 2. The SMILES string of the molecule is CC(C)(CO)CN1C(=O)c2ccc(F)cc2C1C(=O)NCc1cccc(OC(F)F)c1. The number of benzene rings is 2. The van der Waals surface area contributed by atoms with Crippen molar-refractivity contribution in [3.8, 4) is 5.75 Å². The van der Waals surface area contributed by atoms with Gasteiger partial charge in [-0.3, -0.25) is 9.59 Å². The Kier molecular flexibility index (Phi) is 6.54. The maximum atomic E-state index is 13.9. The zero-order valence-electron chi connectivity index (χ0n) is 17.1. The molecule has 1 atom stereocenters. The first-order valence-electron chi connectivity index (χ1n) is 9.64. The molecular formula is C22H23F3N2O4. The predicted molar refractivity (Wildman–Crippen MR) is 106 cm³/mol. The molecule has 9 heteroatoms. The van der Waals surface area contributed by atoms with Gasteiger partial charge in [0.1, 0.15) is 17.6 Å². The van der Waals surface area contributed by atoms with E-state index < -0.39 is 35.7 Å². The number of aliphatic hydroxyl groups excluding tert-OH is 1. The molecule has 3 rings (SSSR count). The molecule has 1 unspecified atom stereocenters. The normalized spacial score (nSPS) is 15.9. The summed E-state index contributed by atoms with van der Waals surface area (Å²) in [7, 11) is 0. The lowest BCUT2D eigenvalue weighted by Crippen LogP contribution is -2.44. The van der Waals surface area contributed by atoms with Gasteiger partial charge in [0.2, 0.25) is 5.91 Å². The van der Waals surface area contributed by atoms with E-state index in [0.717, 1.165) is 12.1 Å². The Morgan fingerprint density at radius 2 is 2.00 bits per heavy atom. The molecule has 31 heavy (non-hydrogen) atoms. The summed E-state index contributed by atoms with van der Waals surface area (Å²) in [4.78, 5) is 27.2. The van der Waals surface area contributed by atoms with Gasteiger partial charge in [-0.25, -0.2) is 4.39 Å². The number of hydrogen-bond donors (Lipinski definition) is 2. The summed E-state index contributed by atoms with van der Waals surface area (Å²) >= 11 is 0. The molecule has 2 aromatic carbocycles. The van der Waals surface area contributed by atoms with E-state index >= 15 is 0 Å². The molecule has 0 bridgehead atoms. The number of rotatable bonds is 8. The Hall–Kier alpha value is -3.07. The Labute approximate surface area is 177 Å². The van der Waals surface area contributed by atoms with E-state index in [1.165, 1.54) is 29.2 Å². The summed E-state index contributed by atoms with van der Waals surface area (Å²) in [5.41, 5.74) is 0.293. The first-order valence-corrected chi connectivity index (χ1v) is 9.64. The number of carbonyl (C=O) groups is 2. The van der Waals surface area contributed by atoms with Crippen LogP contribution < -0.4 is 10.1 Å². The first-order chi connectivity index (χ1) is 14.6. The minimum atomic E-state index is -2.97. The van der Waals surface area contributed by atoms with E-state index in [9.17, 15) is 27.9 Å². The van der Waals surface area contributed by atoms with Crippen LogP contribution in [-0.4, -0.2) is 41.6 Å². The average molecular weight is 436 g/mol. The Bertz CT molecular complexity index is 981. The third-order valence-electron chi connectivity index (χ3n) is 4.98. The van der Waals surface area contributed by atoms with Gasteiger partial charge in [0.25, 0.3) is 5.91 Å². The number of aliphatic hydroxyl groups is 1. The van der Waals surface area contributed by atoms with Gasteiger partial charge >= 0.3 is 6.61 Å². The zero-order valence-corrected chi connectivity index (χ0v) is 17.1. The van der Waals surface area contributed by atoms with Gasteiger partial charge < -0.3 is 20.1 Å². The smallest absolute Gasteiger partial charge is 0.387 e. The lowest BCUT2D eigenvalue weighted by atomic mass is 9.93. The van der Waals surface area contributed by atoms with Crippen molar-refractivity contribution in [2.45, 2.75) is 33.0 Å². The van der Waals surface area contributed by atoms with E-state index in [2.05, 4.69) is 10.1 Å². The zero-order chi connectivity index (χ0) is 22.8. The number of carbonyl (C=O) groups excluding carboxylic acids is 2. The second-order valence-electron chi connectivity index (χ2n) is 8.13. The molecule has 0 spiro atoms. The van der Waals surface area contributed by atoms with Crippen molar-refractivity contribution >= 4 is 11.8 Å². The molecular weight excluding hydrogens is 413 g/mol. The van der Waals surface area contributed by atoms with E-state index in [4.69, 9.17) is 0 Å². The maximum Gasteiger partial charge on any atom is 0.387 e. The number of nitrogens with zero attached hydrogens (tertiary/aromatic N) is 1. The van der Waals surface area contributed by atoms with Gasteiger partial charge in [-0.15, -0.1) is 0 Å². The largest absolute Gasteiger partial charge is 0.435 e. The minimum absolute atomic E-state index is 0.00809. The van der Waals surface area contributed by atoms with Crippen molar-refractivity contribution < 1.29 is 32.6 Å². The number of fused-ring (bicyclic) bond motifs is 1. The molecule has 1 aliphatic heterocycles. The highest BCUT2D eigenvalue weighted by molar-refractivity contribution is 6.04. The van der Waals surface area contributed by atoms with Crippen LogP contribution >= 0.6 is 0 Å². The predicted octanol–water partition coefficient (Wildman–Crippen LogP) is 3.26. The van der Waals surface area contributed by atoms with Gasteiger partial charge in [0.15, 0.2) is 0 Å². The molecule has 0 aliphatic carbocycles. The van der Waals surface area contributed by atoms with Crippen molar-refractivity contribution in [3.05, 3.63) is 65.0 Å². The minimum Gasteiger partial charge on any atom is -0.435 e. The van der Waals surface area contributed by atoms with Crippen LogP contribution in [0.1, 0.15) is 41.4 Å². The van der Waals surface area contributed by atoms with Crippen molar-refractivity contribution in [2.24, 2.45) is 5.41 Å². The van der Waals surface area contributed by atoms with Gasteiger partial charge in [-0.05, 0) is 41.5 Å². The molecule has 2 aromatic rings. The van der Waals surface area contributed by atoms with Crippen LogP contribution in [0.4, 0.5) is 13.2 Å². The number of ether oxygens (including phenoxy) is 1. The van der Waals surface area contributed by atoms with Crippen LogP contribution in [0.15, 0.2) is 42.5 Å². The monoisotopic (exact) mass is 436 g/mol. The van der Waals surface area contributed by atoms with Gasteiger partial charge in [0, 0.05) is 30.7 Å². The van der Waals surface area contributed by atoms with Crippen molar-refractivity contribution in [2.75, 3.05) is 13.2 Å². The lowest BCUT2D eigenvalue weighted by molar-refractivity contribution is -0.126. The summed E-state index contributed by atoms with van der Waals surface area (Å²) in [5.74, 6) is -1.60. The molecule has 0 radical (unpaired) electrons. The third kappa shape index (κ3) is 5.16. The topological polar surface area (TPSA) is 78.9 Å². The highest BCUT2D eigenvalue weighted by Gasteiger charge is 2.43. The second-order valence-corrected chi connectivity index (χ2v) is 8.13. The number of amides is 2. The fraction of sp³-hybridized carbons (Fsp3) is 0.364. The van der Waals surface area contributed by atoms with Crippen molar-refractivity contribution in [3.63, 3.8) is 0 Å². The summed E-state index contributed by atoms with van der Waals surface area (Å²) in [5, 5.41) is 12.3. The summed E-state index contributed by atoms with van der Waals surface area (Å²) in [6.45, 7) is 0.373. The van der Waals surface area contributed by atoms with Crippen LogP contribution in [0.25, 0.3) is 0 Å². The van der Waals surface area contributed by atoms with Gasteiger partial charge in [0.05, 0.1) is 0 Å². The van der Waals surface area contributed by atoms with Crippen LogP contribution in [0, 0.1) is 11.2 Å². The standard InChI is InChI=1S/C22H23F3N2O4/c1-22(2,12-28)11-27-18(17-9-14(23)6-7-16(17)20(27)30)19(29)26-10-13-4-3-5-15(8-13)31-21(24)25/h3-9,18,21,28H,10-12H2,1-2H3,(H,26,29). The maximum absolute atomic E-state index is 13.9. The Morgan fingerprint density at radius 3 is 2.68 bits per heavy atom.